The number of fused-ring (bicyclic) bond motifs is 5. The zero-order valence-electron chi connectivity index (χ0n) is 24.3. The van der Waals surface area contributed by atoms with E-state index < -0.39 is 6.10 Å². The van der Waals surface area contributed by atoms with Gasteiger partial charge in [0.1, 0.15) is 6.10 Å². The van der Waals surface area contributed by atoms with Gasteiger partial charge in [-0.1, -0.05) is 20.4 Å². The molecule has 40 heavy (non-hydrogen) atoms. The topological polar surface area (TPSA) is 91.9 Å². The summed E-state index contributed by atoms with van der Waals surface area (Å²) >= 11 is 0. The summed E-state index contributed by atoms with van der Waals surface area (Å²) < 4.78 is 5.43. The van der Waals surface area contributed by atoms with Crippen molar-refractivity contribution in [2.75, 3.05) is 33.4 Å². The van der Waals surface area contributed by atoms with Crippen molar-refractivity contribution in [2.24, 2.45) is 11.7 Å². The molecule has 4 aliphatic rings. The second kappa shape index (κ2) is 12.4. The van der Waals surface area contributed by atoms with Crippen LogP contribution in [0.3, 0.4) is 0 Å². The van der Waals surface area contributed by atoms with Crippen LogP contribution >= 0.6 is 0 Å². The summed E-state index contributed by atoms with van der Waals surface area (Å²) in [4.78, 5) is 21.6. The van der Waals surface area contributed by atoms with Crippen molar-refractivity contribution in [2.45, 2.75) is 71.6 Å². The lowest BCUT2D eigenvalue weighted by Gasteiger charge is -2.32. The summed E-state index contributed by atoms with van der Waals surface area (Å²) in [6.07, 6.45) is 8.22. The van der Waals surface area contributed by atoms with Gasteiger partial charge in [0, 0.05) is 35.9 Å². The number of likely N-dealkylation sites (tertiary alicyclic amines) is 1. The van der Waals surface area contributed by atoms with Gasteiger partial charge in [-0.2, -0.15) is 0 Å². The van der Waals surface area contributed by atoms with E-state index in [1.165, 1.54) is 46.9 Å². The lowest BCUT2D eigenvalue weighted by molar-refractivity contribution is -0.113. The third-order valence-corrected chi connectivity index (χ3v) is 8.98. The molecular weight excluding hydrogens is 500 g/mol. The van der Waals surface area contributed by atoms with Crippen molar-refractivity contribution in [3.63, 3.8) is 0 Å². The number of pyridine rings is 1. The molecule has 0 saturated carbocycles. The van der Waals surface area contributed by atoms with Crippen molar-refractivity contribution in [3.05, 3.63) is 69.6 Å². The highest BCUT2D eigenvalue weighted by Gasteiger charge is 2.37. The number of aryl methyl sites for hydroxylation is 2. The minimum Gasteiger partial charge on any atom is -0.381 e. The number of aromatic nitrogens is 1. The van der Waals surface area contributed by atoms with Crippen molar-refractivity contribution < 1.29 is 14.6 Å². The number of aliphatic hydroxyl groups excluding tert-OH is 1. The molecule has 7 nitrogen and oxygen atoms in total. The van der Waals surface area contributed by atoms with E-state index in [-0.39, 0.29) is 6.61 Å². The highest BCUT2D eigenvalue weighted by molar-refractivity contribution is 5.90. The maximum Gasteiger partial charge on any atom is 0.153 e. The number of methoxy groups -OCH3 is 1. The largest absolute Gasteiger partial charge is 0.381 e. The molecule has 4 heterocycles. The van der Waals surface area contributed by atoms with Crippen LogP contribution < -0.4 is 5.73 Å². The average Bonchev–Trinajstić information content (AvgIpc) is 3.59. The lowest BCUT2D eigenvalue weighted by atomic mass is 9.92. The van der Waals surface area contributed by atoms with E-state index in [0.29, 0.717) is 18.4 Å². The van der Waals surface area contributed by atoms with Crippen LogP contribution in [0.4, 0.5) is 0 Å². The van der Waals surface area contributed by atoms with Crippen molar-refractivity contribution in [1.82, 2.24) is 14.8 Å². The molecule has 1 unspecified atom stereocenters. The number of benzene rings is 1. The Hall–Kier alpha value is -2.84. The quantitative estimate of drug-likeness (QED) is 0.473. The second-order valence-corrected chi connectivity index (χ2v) is 11.2. The normalized spacial score (nSPS) is 19.7. The Morgan fingerprint density at radius 1 is 1.23 bits per heavy atom. The van der Waals surface area contributed by atoms with E-state index in [1.54, 1.807) is 7.11 Å². The number of rotatable bonds is 8. The summed E-state index contributed by atoms with van der Waals surface area (Å²) in [6.45, 7) is 13.2. The van der Waals surface area contributed by atoms with Gasteiger partial charge < -0.3 is 25.3 Å². The molecule has 0 amide bonds. The maximum atomic E-state index is 11.6. The third-order valence-electron chi connectivity index (χ3n) is 8.98. The Morgan fingerprint density at radius 2 is 1.95 bits per heavy atom. The van der Waals surface area contributed by atoms with E-state index in [9.17, 15) is 9.90 Å². The van der Waals surface area contributed by atoms with Crippen LogP contribution in [-0.4, -0.2) is 65.6 Å². The minimum atomic E-state index is -1.23. The molecular formula is C33H44N4O3. The Labute approximate surface area is 238 Å². The summed E-state index contributed by atoms with van der Waals surface area (Å²) in [6, 6.07) is 4.70. The molecule has 1 aromatic heterocycles. The first-order valence-corrected chi connectivity index (χ1v) is 15.0. The van der Waals surface area contributed by atoms with E-state index in [0.717, 1.165) is 79.5 Å². The van der Waals surface area contributed by atoms with Crippen LogP contribution in [-0.2, 0) is 35.5 Å². The summed E-state index contributed by atoms with van der Waals surface area (Å²) in [5.41, 5.74) is 16.2. The van der Waals surface area contributed by atoms with Gasteiger partial charge in [0.25, 0.3) is 0 Å². The van der Waals surface area contributed by atoms with Crippen molar-refractivity contribution >= 4 is 22.9 Å². The number of piperidine rings is 1. The number of carbonyl (C=O) groups is 1. The van der Waals surface area contributed by atoms with Crippen LogP contribution in [0.1, 0.15) is 67.5 Å². The van der Waals surface area contributed by atoms with E-state index in [1.807, 2.05) is 19.9 Å². The minimum absolute atomic E-state index is 0.280. The van der Waals surface area contributed by atoms with Crippen LogP contribution in [0.25, 0.3) is 16.6 Å². The van der Waals surface area contributed by atoms with Crippen molar-refractivity contribution in [3.8, 4) is 0 Å². The summed E-state index contributed by atoms with van der Waals surface area (Å²) in [7, 11) is 1.62. The fraction of sp³-hybridized carbons (Fsp3) is 0.515. The SMILES string of the molecule is C=C1C(COC)=C(C(O)C=O)C=C2c3nc4cc5c(cc4c(CN4CCC(CCN)CC4)c3CN12)CCC5.CC. The van der Waals surface area contributed by atoms with Crippen molar-refractivity contribution in [1.29, 1.82) is 0 Å². The summed E-state index contributed by atoms with van der Waals surface area (Å²) in [5, 5.41) is 11.8. The van der Waals surface area contributed by atoms with Crippen LogP contribution in [0.2, 0.25) is 0 Å². The smallest absolute Gasteiger partial charge is 0.153 e. The predicted molar refractivity (Wildman–Crippen MR) is 160 cm³/mol. The molecule has 1 aromatic carbocycles. The van der Waals surface area contributed by atoms with Gasteiger partial charge in [-0.15, -0.1) is 0 Å². The fourth-order valence-corrected chi connectivity index (χ4v) is 6.86. The van der Waals surface area contributed by atoms with Gasteiger partial charge in [-0.3, -0.25) is 4.90 Å². The standard InChI is InChI=1S/C31H38N4O3.C2H6/c1-19-27(18-38-2)24(30(37)17-36)14-29-31-26(16-35(19)29)25(15-34-10-7-20(6-9-32)8-11-34)23-12-21-4-3-5-22(21)13-28(23)33-31;1-2/h12-14,17,20,30,37H,1,3-11,15-16,18,32H2,2H3;1-2H3. The number of aliphatic hydroxyl groups is 1. The predicted octanol–water partition coefficient (Wildman–Crippen LogP) is 4.50. The van der Waals surface area contributed by atoms with Gasteiger partial charge >= 0.3 is 0 Å². The van der Waals surface area contributed by atoms with Gasteiger partial charge in [0.2, 0.25) is 0 Å². The fourth-order valence-electron chi connectivity index (χ4n) is 6.86. The number of aldehydes is 1. The molecule has 3 N–H and O–H groups in total. The van der Waals surface area contributed by atoms with E-state index in [4.69, 9.17) is 15.5 Å². The molecule has 214 valence electrons. The molecule has 0 spiro atoms. The molecule has 1 atom stereocenters. The number of hydrogen-bond donors (Lipinski definition) is 2. The van der Waals surface area contributed by atoms with Gasteiger partial charge in [-0.25, -0.2) is 4.98 Å². The highest BCUT2D eigenvalue weighted by atomic mass is 16.5. The van der Waals surface area contributed by atoms with Crippen LogP contribution in [0, 0.1) is 5.92 Å². The lowest BCUT2D eigenvalue weighted by Crippen LogP contribution is -2.34. The Bertz CT molecular complexity index is 1350. The Morgan fingerprint density at radius 3 is 2.62 bits per heavy atom. The molecule has 2 aromatic rings. The molecule has 7 heteroatoms. The Balaban J connectivity index is 0.00000158. The third kappa shape index (κ3) is 5.16. The molecule has 6 rings (SSSR count). The number of nitrogens with two attached hydrogens (primary N) is 1. The summed E-state index contributed by atoms with van der Waals surface area (Å²) in [5.74, 6) is 0.731. The highest BCUT2D eigenvalue weighted by Crippen LogP contribution is 2.45. The molecule has 1 saturated heterocycles. The zero-order valence-corrected chi connectivity index (χ0v) is 24.3. The van der Waals surface area contributed by atoms with Gasteiger partial charge in [0.15, 0.2) is 6.29 Å². The first-order valence-electron chi connectivity index (χ1n) is 15.0. The number of carbonyl (C=O) groups excluding carboxylic acids is 1. The number of hydrogen-bond acceptors (Lipinski definition) is 7. The van der Waals surface area contributed by atoms with Gasteiger partial charge in [-0.05, 0) is 105 Å². The first-order chi connectivity index (χ1) is 19.5. The first kappa shape index (κ1) is 28.7. The number of ether oxygens (including phenoxy) is 1. The molecule has 1 aliphatic carbocycles. The maximum absolute atomic E-state index is 11.6. The number of nitrogens with zero attached hydrogens (tertiary/aromatic N) is 3. The molecule has 3 aliphatic heterocycles. The van der Waals surface area contributed by atoms with E-state index >= 15 is 0 Å². The van der Waals surface area contributed by atoms with Gasteiger partial charge in [0.05, 0.1) is 30.1 Å². The molecule has 0 bridgehead atoms. The molecule has 1 fully saturated rings. The second-order valence-electron chi connectivity index (χ2n) is 11.2. The van der Waals surface area contributed by atoms with E-state index in [2.05, 4.69) is 28.5 Å². The Kier molecular flexibility index (Phi) is 8.86. The van der Waals surface area contributed by atoms with Crippen LogP contribution in [0.5, 0.6) is 0 Å². The molecule has 0 radical (unpaired) electrons. The van der Waals surface area contributed by atoms with Crippen LogP contribution in [0.15, 0.2) is 41.6 Å². The zero-order chi connectivity index (χ0) is 28.4. The average molecular weight is 545 g/mol. The monoisotopic (exact) mass is 544 g/mol.